The summed E-state index contributed by atoms with van der Waals surface area (Å²) in [6, 6.07) is 12.0. The topological polar surface area (TPSA) is 71.3 Å². The van der Waals surface area contributed by atoms with Gasteiger partial charge in [-0.1, -0.05) is 29.8 Å². The highest BCUT2D eigenvalue weighted by molar-refractivity contribution is 7.88. The van der Waals surface area contributed by atoms with Crippen LogP contribution in [0.4, 0.5) is 0 Å². The largest absolute Gasteiger partial charge is 0.460 e. The molecule has 0 unspecified atom stereocenters. The Hall–Kier alpha value is -1.63. The lowest BCUT2D eigenvalue weighted by atomic mass is 10.1. The second-order valence-corrected chi connectivity index (χ2v) is 6.81. The molecule has 0 atom stereocenters. The van der Waals surface area contributed by atoms with Crippen molar-refractivity contribution < 1.29 is 12.8 Å². The van der Waals surface area contributed by atoms with E-state index in [1.807, 2.05) is 43.3 Å². The van der Waals surface area contributed by atoms with Crippen molar-refractivity contribution in [2.45, 2.75) is 13.5 Å². The zero-order valence-electron chi connectivity index (χ0n) is 12.2. The highest BCUT2D eigenvalue weighted by atomic mass is 32.2. The van der Waals surface area contributed by atoms with Gasteiger partial charge in [0.1, 0.15) is 11.5 Å². The van der Waals surface area contributed by atoms with Gasteiger partial charge in [-0.2, -0.15) is 0 Å². The van der Waals surface area contributed by atoms with Gasteiger partial charge in [0, 0.05) is 18.7 Å². The number of rotatable bonds is 7. The molecule has 0 saturated heterocycles. The molecule has 0 radical (unpaired) electrons. The van der Waals surface area contributed by atoms with Crippen LogP contribution in [0.5, 0.6) is 0 Å². The summed E-state index contributed by atoms with van der Waals surface area (Å²) in [5, 5.41) is 3.13. The highest BCUT2D eigenvalue weighted by Gasteiger charge is 2.04. The normalized spacial score (nSPS) is 11.7. The van der Waals surface area contributed by atoms with Crippen molar-refractivity contribution in [3.63, 3.8) is 0 Å². The molecule has 2 rings (SSSR count). The molecule has 0 fully saturated rings. The molecular weight excluding hydrogens is 288 g/mol. The monoisotopic (exact) mass is 308 g/mol. The summed E-state index contributed by atoms with van der Waals surface area (Å²) < 4.78 is 30.0. The Morgan fingerprint density at radius 3 is 2.43 bits per heavy atom. The molecule has 1 heterocycles. The number of nitrogens with one attached hydrogen (secondary N) is 2. The predicted octanol–water partition coefficient (Wildman–Crippen LogP) is 1.89. The minimum atomic E-state index is -3.12. The molecule has 5 nitrogen and oxygen atoms in total. The van der Waals surface area contributed by atoms with Crippen molar-refractivity contribution in [1.82, 2.24) is 10.0 Å². The van der Waals surface area contributed by atoms with Crippen LogP contribution in [0.1, 0.15) is 11.3 Å². The average Bonchev–Trinajstić information content (AvgIpc) is 2.87. The van der Waals surface area contributed by atoms with Gasteiger partial charge in [-0.25, -0.2) is 13.1 Å². The fourth-order valence-corrected chi connectivity index (χ4v) is 2.36. The summed E-state index contributed by atoms with van der Waals surface area (Å²) in [4.78, 5) is 0. The smallest absolute Gasteiger partial charge is 0.208 e. The summed E-state index contributed by atoms with van der Waals surface area (Å²) in [5.41, 5.74) is 2.26. The van der Waals surface area contributed by atoms with Gasteiger partial charge < -0.3 is 9.73 Å². The molecule has 0 aliphatic rings. The van der Waals surface area contributed by atoms with E-state index in [1.54, 1.807) is 0 Å². The molecule has 21 heavy (non-hydrogen) atoms. The van der Waals surface area contributed by atoms with Gasteiger partial charge in [-0.05, 0) is 19.1 Å². The molecule has 6 heteroatoms. The molecule has 2 aromatic rings. The Bertz CT molecular complexity index is 675. The zero-order valence-corrected chi connectivity index (χ0v) is 13.0. The first kappa shape index (κ1) is 15.8. The second-order valence-electron chi connectivity index (χ2n) is 4.98. The van der Waals surface area contributed by atoms with Crippen molar-refractivity contribution in [2.75, 3.05) is 19.3 Å². The van der Waals surface area contributed by atoms with Gasteiger partial charge >= 0.3 is 0 Å². The first-order valence-corrected chi connectivity index (χ1v) is 8.64. The number of hydrogen-bond acceptors (Lipinski definition) is 4. The van der Waals surface area contributed by atoms with Crippen LogP contribution >= 0.6 is 0 Å². The van der Waals surface area contributed by atoms with Gasteiger partial charge in [0.15, 0.2) is 0 Å². The van der Waals surface area contributed by atoms with E-state index in [-0.39, 0.29) is 0 Å². The van der Waals surface area contributed by atoms with E-state index in [1.165, 1.54) is 5.56 Å². The van der Waals surface area contributed by atoms with Crippen molar-refractivity contribution >= 4 is 10.0 Å². The minimum Gasteiger partial charge on any atom is -0.460 e. The maximum absolute atomic E-state index is 10.9. The van der Waals surface area contributed by atoms with Crippen molar-refractivity contribution in [3.8, 4) is 11.3 Å². The summed E-state index contributed by atoms with van der Waals surface area (Å²) >= 11 is 0. The predicted molar refractivity (Wildman–Crippen MR) is 83.4 cm³/mol. The van der Waals surface area contributed by atoms with Crippen molar-refractivity contribution in [1.29, 1.82) is 0 Å². The molecule has 0 bridgehead atoms. The van der Waals surface area contributed by atoms with Crippen LogP contribution < -0.4 is 10.0 Å². The highest BCUT2D eigenvalue weighted by Crippen LogP contribution is 2.22. The zero-order chi connectivity index (χ0) is 15.3. The third-order valence-electron chi connectivity index (χ3n) is 2.96. The van der Waals surface area contributed by atoms with E-state index in [4.69, 9.17) is 4.42 Å². The summed E-state index contributed by atoms with van der Waals surface area (Å²) in [5.74, 6) is 1.66. The molecule has 0 saturated carbocycles. The molecule has 0 amide bonds. The summed E-state index contributed by atoms with van der Waals surface area (Å²) in [6.07, 6.45) is 1.15. The number of sulfonamides is 1. The Morgan fingerprint density at radius 1 is 1.05 bits per heavy atom. The van der Waals surface area contributed by atoms with E-state index in [2.05, 4.69) is 10.0 Å². The maximum atomic E-state index is 10.9. The first-order chi connectivity index (χ1) is 9.94. The molecule has 1 aromatic heterocycles. The van der Waals surface area contributed by atoms with E-state index in [9.17, 15) is 8.42 Å². The minimum absolute atomic E-state index is 0.365. The lowest BCUT2D eigenvalue weighted by molar-refractivity contribution is 0.494. The van der Waals surface area contributed by atoms with Gasteiger partial charge in [0.2, 0.25) is 10.0 Å². The second kappa shape index (κ2) is 6.89. The first-order valence-electron chi connectivity index (χ1n) is 6.75. The number of hydrogen-bond donors (Lipinski definition) is 2. The van der Waals surface area contributed by atoms with Crippen LogP contribution in [0.25, 0.3) is 11.3 Å². The Kier molecular flexibility index (Phi) is 5.17. The fraction of sp³-hybridized carbons (Fsp3) is 0.333. The fourth-order valence-electron chi connectivity index (χ4n) is 1.88. The van der Waals surface area contributed by atoms with Crippen LogP contribution in [0.15, 0.2) is 40.8 Å². The third-order valence-corrected chi connectivity index (χ3v) is 3.69. The SMILES string of the molecule is Cc1ccc(-c2ccc(CNCCNS(C)(=O)=O)o2)cc1. The number of furan rings is 1. The number of aryl methyl sites for hydroxylation is 1. The molecule has 114 valence electrons. The summed E-state index contributed by atoms with van der Waals surface area (Å²) in [7, 11) is -3.12. The van der Waals surface area contributed by atoms with Crippen molar-refractivity contribution in [3.05, 3.63) is 47.7 Å². The van der Waals surface area contributed by atoms with Gasteiger partial charge in [-0.3, -0.25) is 0 Å². The van der Waals surface area contributed by atoms with Crippen molar-refractivity contribution in [2.24, 2.45) is 0 Å². The standard InChI is InChI=1S/C15H20N2O3S/c1-12-3-5-13(6-4-12)15-8-7-14(20-15)11-16-9-10-17-21(2,18)19/h3-8,16-17H,9-11H2,1-2H3. The van der Waals surface area contributed by atoms with E-state index in [0.29, 0.717) is 19.6 Å². The summed E-state index contributed by atoms with van der Waals surface area (Å²) in [6.45, 7) is 3.53. The van der Waals surface area contributed by atoms with Gasteiger partial charge in [0.25, 0.3) is 0 Å². The van der Waals surface area contributed by atoms with Crippen LogP contribution in [0.2, 0.25) is 0 Å². The van der Waals surface area contributed by atoms with Crippen LogP contribution in [0.3, 0.4) is 0 Å². The lowest BCUT2D eigenvalue weighted by Gasteiger charge is -2.03. The quantitative estimate of drug-likeness (QED) is 0.766. The van der Waals surface area contributed by atoms with Crippen LogP contribution in [0, 0.1) is 6.92 Å². The molecule has 0 aliphatic heterocycles. The van der Waals surface area contributed by atoms with Crippen LogP contribution in [-0.4, -0.2) is 27.8 Å². The van der Waals surface area contributed by atoms with E-state index in [0.717, 1.165) is 23.3 Å². The van der Waals surface area contributed by atoms with E-state index < -0.39 is 10.0 Å². The van der Waals surface area contributed by atoms with Crippen LogP contribution in [-0.2, 0) is 16.6 Å². The Balaban J connectivity index is 1.82. The maximum Gasteiger partial charge on any atom is 0.208 e. The Morgan fingerprint density at radius 2 is 1.76 bits per heavy atom. The molecule has 0 aliphatic carbocycles. The van der Waals surface area contributed by atoms with Gasteiger partial charge in [-0.15, -0.1) is 0 Å². The van der Waals surface area contributed by atoms with Gasteiger partial charge in [0.05, 0.1) is 12.8 Å². The molecular formula is C15H20N2O3S. The third kappa shape index (κ3) is 5.34. The molecule has 2 N–H and O–H groups in total. The molecule has 1 aromatic carbocycles. The average molecular weight is 308 g/mol. The molecule has 0 spiro atoms. The Labute approximate surface area is 125 Å². The van der Waals surface area contributed by atoms with E-state index >= 15 is 0 Å². The number of benzene rings is 1. The lowest BCUT2D eigenvalue weighted by Crippen LogP contribution is -2.30.